The number of nitrogens with one attached hydrogen (secondary N) is 1. The predicted octanol–water partition coefficient (Wildman–Crippen LogP) is 3.20. The fraction of sp³-hybridized carbons (Fsp3) is 0.0769. The second-order valence-corrected chi connectivity index (χ2v) is 4.43. The number of aromatic nitrogens is 1. The Labute approximate surface area is 119 Å². The van der Waals surface area contributed by atoms with Crippen LogP contribution < -0.4 is 5.32 Å². The highest BCUT2D eigenvalue weighted by Gasteiger charge is 2.22. The van der Waals surface area contributed by atoms with Gasteiger partial charge in [-0.05, 0) is 24.6 Å². The van der Waals surface area contributed by atoms with E-state index in [4.69, 9.17) is 11.6 Å². The van der Waals surface area contributed by atoms with E-state index in [1.54, 1.807) is 19.1 Å². The first kappa shape index (κ1) is 14.0. The highest BCUT2D eigenvalue weighted by molar-refractivity contribution is 6.29. The summed E-state index contributed by atoms with van der Waals surface area (Å²) < 4.78 is 0. The molecule has 1 aromatic heterocycles. The van der Waals surface area contributed by atoms with Crippen LogP contribution in [-0.4, -0.2) is 15.8 Å². The molecule has 0 aliphatic heterocycles. The molecule has 7 heteroatoms. The smallest absolute Gasteiger partial charge is 0.282 e. The van der Waals surface area contributed by atoms with Crippen LogP contribution in [0.25, 0.3) is 0 Å². The summed E-state index contributed by atoms with van der Waals surface area (Å²) >= 11 is 5.72. The van der Waals surface area contributed by atoms with Crippen molar-refractivity contribution in [2.45, 2.75) is 6.92 Å². The second kappa shape index (κ2) is 5.66. The first-order chi connectivity index (χ1) is 9.49. The minimum atomic E-state index is -0.582. The fourth-order valence-corrected chi connectivity index (χ4v) is 1.95. The number of nitro groups is 1. The van der Waals surface area contributed by atoms with Crippen molar-refractivity contribution in [3.05, 3.63) is 62.9 Å². The maximum atomic E-state index is 12.2. The fourth-order valence-electron chi connectivity index (χ4n) is 1.77. The van der Waals surface area contributed by atoms with Crippen molar-refractivity contribution in [2.75, 3.05) is 5.32 Å². The minimum Gasteiger partial charge on any atom is -0.322 e. The molecule has 0 bridgehead atoms. The summed E-state index contributed by atoms with van der Waals surface area (Å²) in [4.78, 5) is 26.4. The molecule has 0 atom stereocenters. The Morgan fingerprint density at radius 1 is 1.40 bits per heavy atom. The zero-order valence-corrected chi connectivity index (χ0v) is 11.2. The average molecular weight is 292 g/mol. The second-order valence-electron chi connectivity index (χ2n) is 4.05. The van der Waals surface area contributed by atoms with Gasteiger partial charge in [0.1, 0.15) is 10.7 Å². The van der Waals surface area contributed by atoms with Gasteiger partial charge in [0, 0.05) is 18.0 Å². The van der Waals surface area contributed by atoms with Crippen LogP contribution in [0.2, 0.25) is 5.15 Å². The van der Waals surface area contributed by atoms with Gasteiger partial charge in [0.2, 0.25) is 0 Å². The first-order valence-corrected chi connectivity index (χ1v) is 6.04. The average Bonchev–Trinajstić information content (AvgIpc) is 2.38. The van der Waals surface area contributed by atoms with Crippen molar-refractivity contribution in [2.24, 2.45) is 0 Å². The third-order valence-electron chi connectivity index (χ3n) is 2.66. The van der Waals surface area contributed by atoms with Gasteiger partial charge in [-0.2, -0.15) is 0 Å². The molecule has 1 N–H and O–H groups in total. The van der Waals surface area contributed by atoms with Gasteiger partial charge in [-0.25, -0.2) is 4.98 Å². The molecular formula is C13H10ClN3O3. The number of carbonyl (C=O) groups excluding carboxylic acids is 1. The molecule has 102 valence electrons. The van der Waals surface area contributed by atoms with Gasteiger partial charge < -0.3 is 5.32 Å². The Hall–Kier alpha value is -2.47. The number of nitrogens with zero attached hydrogens (tertiary/aromatic N) is 2. The van der Waals surface area contributed by atoms with Gasteiger partial charge in [0.05, 0.1) is 4.92 Å². The summed E-state index contributed by atoms with van der Waals surface area (Å²) in [7, 11) is 0. The quantitative estimate of drug-likeness (QED) is 0.534. The molecule has 2 rings (SSSR count). The van der Waals surface area contributed by atoms with Crippen LogP contribution in [-0.2, 0) is 0 Å². The number of amides is 1. The number of benzene rings is 1. The molecule has 0 saturated heterocycles. The van der Waals surface area contributed by atoms with E-state index in [2.05, 4.69) is 10.3 Å². The Morgan fingerprint density at radius 3 is 2.80 bits per heavy atom. The number of aryl methyl sites for hydroxylation is 1. The molecule has 1 amide bonds. The number of carbonyl (C=O) groups is 1. The van der Waals surface area contributed by atoms with E-state index in [1.807, 2.05) is 0 Å². The van der Waals surface area contributed by atoms with E-state index >= 15 is 0 Å². The largest absolute Gasteiger partial charge is 0.322 e. The van der Waals surface area contributed by atoms with Crippen molar-refractivity contribution >= 4 is 28.9 Å². The van der Waals surface area contributed by atoms with Gasteiger partial charge in [0.15, 0.2) is 0 Å². The molecule has 6 nitrogen and oxygen atoms in total. The molecule has 0 saturated carbocycles. The lowest BCUT2D eigenvalue weighted by Crippen LogP contribution is -2.15. The van der Waals surface area contributed by atoms with Crippen molar-refractivity contribution in [3.8, 4) is 0 Å². The van der Waals surface area contributed by atoms with Crippen molar-refractivity contribution in [1.29, 1.82) is 0 Å². The lowest BCUT2D eigenvalue weighted by atomic mass is 10.1. The maximum Gasteiger partial charge on any atom is 0.282 e. The zero-order chi connectivity index (χ0) is 14.7. The summed E-state index contributed by atoms with van der Waals surface area (Å²) in [6, 6.07) is 7.48. The monoisotopic (exact) mass is 291 g/mol. The molecule has 1 aromatic carbocycles. The molecule has 20 heavy (non-hydrogen) atoms. The third-order valence-corrected chi connectivity index (χ3v) is 2.87. The summed E-state index contributed by atoms with van der Waals surface area (Å²) in [6.45, 7) is 1.64. The topological polar surface area (TPSA) is 85.1 Å². The first-order valence-electron chi connectivity index (χ1n) is 5.66. The third kappa shape index (κ3) is 2.92. The molecule has 2 aromatic rings. The molecule has 0 radical (unpaired) electrons. The molecule has 1 heterocycles. The lowest BCUT2D eigenvalue weighted by Gasteiger charge is -2.08. The number of hydrogen-bond acceptors (Lipinski definition) is 4. The van der Waals surface area contributed by atoms with Gasteiger partial charge in [-0.3, -0.25) is 14.9 Å². The highest BCUT2D eigenvalue weighted by atomic mass is 35.5. The number of nitro benzene ring substituents is 1. The maximum absolute atomic E-state index is 12.2. The Balaban J connectivity index is 2.37. The van der Waals surface area contributed by atoms with Gasteiger partial charge >= 0.3 is 0 Å². The lowest BCUT2D eigenvalue weighted by molar-refractivity contribution is -0.385. The van der Waals surface area contributed by atoms with E-state index in [-0.39, 0.29) is 16.4 Å². The summed E-state index contributed by atoms with van der Waals surface area (Å²) in [5.74, 6) is -0.558. The van der Waals surface area contributed by atoms with E-state index in [1.165, 1.54) is 24.4 Å². The Bertz CT molecular complexity index is 688. The predicted molar refractivity (Wildman–Crippen MR) is 75.0 cm³/mol. The van der Waals surface area contributed by atoms with Gasteiger partial charge in [-0.1, -0.05) is 23.7 Å². The number of pyridine rings is 1. The van der Waals surface area contributed by atoms with E-state index in [9.17, 15) is 14.9 Å². The van der Waals surface area contributed by atoms with E-state index < -0.39 is 10.8 Å². The van der Waals surface area contributed by atoms with Crippen LogP contribution in [0.1, 0.15) is 15.9 Å². The van der Waals surface area contributed by atoms with Crippen molar-refractivity contribution in [1.82, 2.24) is 4.98 Å². The highest BCUT2D eigenvalue weighted by Crippen LogP contribution is 2.23. The molecule has 0 aliphatic carbocycles. The Morgan fingerprint density at radius 2 is 2.15 bits per heavy atom. The molecular weight excluding hydrogens is 282 g/mol. The molecule has 0 unspecified atom stereocenters. The Kier molecular flexibility index (Phi) is 3.95. The van der Waals surface area contributed by atoms with Crippen LogP contribution in [0.15, 0.2) is 36.5 Å². The molecule has 0 fully saturated rings. The number of rotatable bonds is 3. The number of anilines is 1. The van der Waals surface area contributed by atoms with Crippen LogP contribution in [0.3, 0.4) is 0 Å². The number of halogens is 1. The van der Waals surface area contributed by atoms with Crippen LogP contribution >= 0.6 is 11.6 Å². The standard InChI is InChI=1S/C13H10ClN3O3/c1-8-3-2-4-10(17(19)20)12(8)13(18)16-9-5-6-15-11(14)7-9/h2-7H,1H3,(H,15,16,18). The van der Waals surface area contributed by atoms with Crippen LogP contribution in [0.5, 0.6) is 0 Å². The van der Waals surface area contributed by atoms with E-state index in [0.717, 1.165) is 0 Å². The number of hydrogen-bond donors (Lipinski definition) is 1. The van der Waals surface area contributed by atoms with Crippen LogP contribution in [0, 0.1) is 17.0 Å². The van der Waals surface area contributed by atoms with E-state index in [0.29, 0.717) is 11.3 Å². The zero-order valence-electron chi connectivity index (χ0n) is 10.5. The van der Waals surface area contributed by atoms with Crippen molar-refractivity contribution in [3.63, 3.8) is 0 Å². The van der Waals surface area contributed by atoms with Crippen LogP contribution in [0.4, 0.5) is 11.4 Å². The summed E-state index contributed by atoms with van der Waals surface area (Å²) in [5.41, 5.74) is 0.748. The van der Waals surface area contributed by atoms with Gasteiger partial charge in [-0.15, -0.1) is 0 Å². The normalized spacial score (nSPS) is 10.1. The minimum absolute atomic E-state index is 0.0328. The SMILES string of the molecule is Cc1cccc([N+](=O)[O-])c1C(=O)Nc1ccnc(Cl)c1. The van der Waals surface area contributed by atoms with Crippen molar-refractivity contribution < 1.29 is 9.72 Å². The summed E-state index contributed by atoms with van der Waals surface area (Å²) in [6.07, 6.45) is 1.43. The molecule has 0 spiro atoms. The summed E-state index contributed by atoms with van der Waals surface area (Å²) in [5, 5.41) is 13.8. The van der Waals surface area contributed by atoms with Gasteiger partial charge in [0.25, 0.3) is 11.6 Å². The molecule has 0 aliphatic rings.